The number of aryl methyl sites for hydroxylation is 3. The zero-order chi connectivity index (χ0) is 13.1. The molecule has 0 unspecified atom stereocenters. The lowest BCUT2D eigenvalue weighted by Gasteiger charge is -2.11. The highest BCUT2D eigenvalue weighted by molar-refractivity contribution is 5.30. The van der Waals surface area contributed by atoms with E-state index in [4.69, 9.17) is 0 Å². The molecule has 1 N–H and O–H groups in total. The Morgan fingerprint density at radius 2 is 1.94 bits per heavy atom. The van der Waals surface area contributed by atoms with Crippen molar-refractivity contribution in [1.29, 1.82) is 0 Å². The van der Waals surface area contributed by atoms with Crippen LogP contribution in [0.1, 0.15) is 28.2 Å². The minimum atomic E-state index is 0.853. The molecule has 0 aliphatic carbocycles. The Morgan fingerprint density at radius 3 is 2.61 bits per heavy atom. The summed E-state index contributed by atoms with van der Waals surface area (Å²) in [7, 11) is 1.96. The first-order chi connectivity index (χ1) is 8.61. The minimum Gasteiger partial charge on any atom is -0.327 e. The molecule has 1 aromatic carbocycles. The van der Waals surface area contributed by atoms with Crippen LogP contribution in [0, 0.1) is 20.8 Å². The molecule has 2 rings (SSSR count). The fourth-order valence-corrected chi connectivity index (χ4v) is 2.14. The first-order valence-electron chi connectivity index (χ1n) is 6.33. The molecule has 0 saturated heterocycles. The van der Waals surface area contributed by atoms with Crippen LogP contribution in [-0.2, 0) is 13.1 Å². The Bertz CT molecular complexity index is 541. The summed E-state index contributed by atoms with van der Waals surface area (Å²) in [4.78, 5) is 4.39. The van der Waals surface area contributed by atoms with Crippen LogP contribution in [0.4, 0.5) is 0 Å². The van der Waals surface area contributed by atoms with E-state index in [9.17, 15) is 0 Å². The summed E-state index contributed by atoms with van der Waals surface area (Å²) in [6.45, 7) is 8.11. The van der Waals surface area contributed by atoms with Crippen molar-refractivity contribution in [2.24, 2.45) is 0 Å². The van der Waals surface area contributed by atoms with Gasteiger partial charge in [-0.05, 0) is 44.5 Å². The predicted molar refractivity (Wildman–Crippen MR) is 74.7 cm³/mol. The van der Waals surface area contributed by atoms with Crippen LogP contribution in [-0.4, -0.2) is 16.6 Å². The van der Waals surface area contributed by atoms with Gasteiger partial charge in [-0.25, -0.2) is 4.98 Å². The van der Waals surface area contributed by atoms with E-state index < -0.39 is 0 Å². The zero-order valence-corrected chi connectivity index (χ0v) is 11.6. The molecular formula is C15H21N3. The molecule has 0 spiro atoms. The van der Waals surface area contributed by atoms with Crippen molar-refractivity contribution in [2.45, 2.75) is 33.9 Å². The lowest BCUT2D eigenvalue weighted by Crippen LogP contribution is -2.13. The Hall–Kier alpha value is -1.61. The van der Waals surface area contributed by atoms with E-state index in [1.54, 1.807) is 0 Å². The molecule has 0 aliphatic rings. The average molecular weight is 243 g/mol. The normalized spacial score (nSPS) is 10.9. The molecule has 3 heteroatoms. The minimum absolute atomic E-state index is 0.853. The van der Waals surface area contributed by atoms with E-state index in [0.29, 0.717) is 0 Å². The van der Waals surface area contributed by atoms with Gasteiger partial charge in [-0.1, -0.05) is 18.2 Å². The van der Waals surface area contributed by atoms with Crippen molar-refractivity contribution in [3.05, 3.63) is 52.6 Å². The van der Waals surface area contributed by atoms with Crippen LogP contribution >= 0.6 is 0 Å². The quantitative estimate of drug-likeness (QED) is 0.894. The van der Waals surface area contributed by atoms with Crippen LogP contribution in [0.15, 0.2) is 24.4 Å². The molecule has 0 saturated carbocycles. The van der Waals surface area contributed by atoms with E-state index in [2.05, 4.69) is 53.8 Å². The molecule has 1 heterocycles. The molecule has 0 fully saturated rings. The van der Waals surface area contributed by atoms with Crippen LogP contribution in [0.5, 0.6) is 0 Å². The molecule has 0 aliphatic heterocycles. The van der Waals surface area contributed by atoms with Crippen molar-refractivity contribution < 1.29 is 0 Å². The number of hydrogen-bond acceptors (Lipinski definition) is 2. The van der Waals surface area contributed by atoms with Crippen molar-refractivity contribution in [2.75, 3.05) is 7.05 Å². The first-order valence-corrected chi connectivity index (χ1v) is 6.33. The lowest BCUT2D eigenvalue weighted by molar-refractivity contribution is 0.676. The first kappa shape index (κ1) is 12.8. The lowest BCUT2D eigenvalue weighted by atomic mass is 10.1. The molecule has 18 heavy (non-hydrogen) atoms. The van der Waals surface area contributed by atoms with Crippen molar-refractivity contribution in [1.82, 2.24) is 14.9 Å². The standard InChI is InChI=1S/C15H21N3/c1-11-5-6-14(7-12(11)2)10-18-13(3)17-9-15(18)8-16-4/h5-7,9,16H,8,10H2,1-4H3. The van der Waals surface area contributed by atoms with Gasteiger partial charge in [-0.15, -0.1) is 0 Å². The Labute approximate surface area is 109 Å². The van der Waals surface area contributed by atoms with Crippen molar-refractivity contribution in [3.8, 4) is 0 Å². The molecule has 0 amide bonds. The summed E-state index contributed by atoms with van der Waals surface area (Å²) in [5, 5.41) is 3.18. The summed E-state index contributed by atoms with van der Waals surface area (Å²) in [6, 6.07) is 6.65. The maximum atomic E-state index is 4.39. The van der Waals surface area contributed by atoms with Gasteiger partial charge in [0, 0.05) is 19.3 Å². The number of rotatable bonds is 4. The number of imidazole rings is 1. The van der Waals surface area contributed by atoms with Gasteiger partial charge in [0.15, 0.2) is 0 Å². The van der Waals surface area contributed by atoms with E-state index in [-0.39, 0.29) is 0 Å². The van der Waals surface area contributed by atoms with Gasteiger partial charge in [0.1, 0.15) is 5.82 Å². The van der Waals surface area contributed by atoms with Crippen LogP contribution in [0.3, 0.4) is 0 Å². The van der Waals surface area contributed by atoms with Crippen LogP contribution in [0.25, 0.3) is 0 Å². The SMILES string of the molecule is CNCc1cnc(C)n1Cc1ccc(C)c(C)c1. The van der Waals surface area contributed by atoms with Crippen LogP contribution < -0.4 is 5.32 Å². The predicted octanol–water partition coefficient (Wildman–Crippen LogP) is 2.58. The van der Waals surface area contributed by atoms with Crippen molar-refractivity contribution >= 4 is 0 Å². The monoisotopic (exact) mass is 243 g/mol. The molecule has 0 atom stereocenters. The van der Waals surface area contributed by atoms with Gasteiger partial charge < -0.3 is 9.88 Å². The number of benzene rings is 1. The molecule has 0 bridgehead atoms. The third kappa shape index (κ3) is 2.62. The summed E-state index contributed by atoms with van der Waals surface area (Å²) in [5.41, 5.74) is 5.25. The second-order valence-corrected chi connectivity index (χ2v) is 4.83. The molecule has 2 aromatic rings. The highest BCUT2D eigenvalue weighted by Gasteiger charge is 2.06. The van der Waals surface area contributed by atoms with Gasteiger partial charge in [-0.2, -0.15) is 0 Å². The molecule has 1 aromatic heterocycles. The Balaban J connectivity index is 2.27. The van der Waals surface area contributed by atoms with Crippen molar-refractivity contribution in [3.63, 3.8) is 0 Å². The van der Waals surface area contributed by atoms with Gasteiger partial charge in [0.25, 0.3) is 0 Å². The van der Waals surface area contributed by atoms with Gasteiger partial charge in [0.2, 0.25) is 0 Å². The second kappa shape index (κ2) is 5.36. The van der Waals surface area contributed by atoms with E-state index in [1.807, 2.05) is 13.2 Å². The number of nitrogens with one attached hydrogen (secondary N) is 1. The number of nitrogens with zero attached hydrogens (tertiary/aromatic N) is 2. The smallest absolute Gasteiger partial charge is 0.106 e. The molecule has 0 radical (unpaired) electrons. The fraction of sp³-hybridized carbons (Fsp3) is 0.400. The maximum Gasteiger partial charge on any atom is 0.106 e. The second-order valence-electron chi connectivity index (χ2n) is 4.83. The van der Waals surface area contributed by atoms with Crippen LogP contribution in [0.2, 0.25) is 0 Å². The third-order valence-corrected chi connectivity index (χ3v) is 3.41. The summed E-state index contributed by atoms with van der Waals surface area (Å²) in [6.07, 6.45) is 1.95. The summed E-state index contributed by atoms with van der Waals surface area (Å²) < 4.78 is 2.26. The van der Waals surface area contributed by atoms with Gasteiger partial charge >= 0.3 is 0 Å². The number of aromatic nitrogens is 2. The van der Waals surface area contributed by atoms with E-state index in [0.717, 1.165) is 18.9 Å². The Kier molecular flexibility index (Phi) is 3.82. The third-order valence-electron chi connectivity index (χ3n) is 3.41. The largest absolute Gasteiger partial charge is 0.327 e. The Morgan fingerprint density at radius 1 is 1.17 bits per heavy atom. The highest BCUT2D eigenvalue weighted by atomic mass is 15.1. The number of hydrogen-bond donors (Lipinski definition) is 1. The zero-order valence-electron chi connectivity index (χ0n) is 11.6. The van der Waals surface area contributed by atoms with Gasteiger partial charge in [0.05, 0.1) is 5.69 Å². The highest BCUT2D eigenvalue weighted by Crippen LogP contribution is 2.13. The summed E-state index contributed by atoms with van der Waals surface area (Å²) >= 11 is 0. The molecular weight excluding hydrogens is 222 g/mol. The fourth-order valence-electron chi connectivity index (χ4n) is 2.14. The van der Waals surface area contributed by atoms with Gasteiger partial charge in [-0.3, -0.25) is 0 Å². The summed E-state index contributed by atoms with van der Waals surface area (Å²) in [5.74, 6) is 1.07. The maximum absolute atomic E-state index is 4.39. The topological polar surface area (TPSA) is 29.9 Å². The molecule has 3 nitrogen and oxygen atoms in total. The average Bonchev–Trinajstić information content (AvgIpc) is 2.67. The van der Waals surface area contributed by atoms with E-state index >= 15 is 0 Å². The van der Waals surface area contributed by atoms with E-state index in [1.165, 1.54) is 22.4 Å². The molecule has 96 valence electrons.